The standard InChI is InChI=1S/C11H17N5.ClH/c1-3-5-16-9-11(8-13-16)12-7-10-4-6-15(2)14-10;/h4,6,8-9,12H,3,5,7H2,1-2H3;1H. The Kier molecular flexibility index (Phi) is 5.03. The molecule has 0 unspecified atom stereocenters. The highest BCUT2D eigenvalue weighted by Gasteiger charge is 1.99. The van der Waals surface area contributed by atoms with Crippen molar-refractivity contribution in [3.8, 4) is 0 Å². The van der Waals surface area contributed by atoms with E-state index in [1.807, 2.05) is 36.4 Å². The average Bonchev–Trinajstić information content (AvgIpc) is 2.85. The van der Waals surface area contributed by atoms with Gasteiger partial charge in [0.05, 0.1) is 24.1 Å². The summed E-state index contributed by atoms with van der Waals surface area (Å²) >= 11 is 0. The molecule has 2 aromatic heterocycles. The molecule has 0 aliphatic carbocycles. The molecule has 0 atom stereocenters. The second-order valence-corrected chi connectivity index (χ2v) is 3.83. The fraction of sp³-hybridized carbons (Fsp3) is 0.455. The highest BCUT2D eigenvalue weighted by atomic mass is 35.5. The maximum absolute atomic E-state index is 4.30. The lowest BCUT2D eigenvalue weighted by molar-refractivity contribution is 0.603. The van der Waals surface area contributed by atoms with Crippen molar-refractivity contribution < 1.29 is 0 Å². The van der Waals surface area contributed by atoms with Crippen molar-refractivity contribution in [3.05, 3.63) is 30.4 Å². The lowest BCUT2D eigenvalue weighted by Gasteiger charge is -1.99. The topological polar surface area (TPSA) is 47.7 Å². The van der Waals surface area contributed by atoms with Crippen LogP contribution in [0.5, 0.6) is 0 Å². The van der Waals surface area contributed by atoms with Gasteiger partial charge in [-0.05, 0) is 12.5 Å². The smallest absolute Gasteiger partial charge is 0.0815 e. The number of hydrogen-bond acceptors (Lipinski definition) is 3. The molecular formula is C11H18ClN5. The van der Waals surface area contributed by atoms with E-state index >= 15 is 0 Å². The molecule has 2 aromatic rings. The zero-order chi connectivity index (χ0) is 11.4. The highest BCUT2D eigenvalue weighted by molar-refractivity contribution is 5.85. The van der Waals surface area contributed by atoms with E-state index in [0.29, 0.717) is 0 Å². The number of anilines is 1. The van der Waals surface area contributed by atoms with Crippen molar-refractivity contribution in [1.29, 1.82) is 0 Å². The maximum Gasteiger partial charge on any atom is 0.0815 e. The second kappa shape index (κ2) is 6.30. The summed E-state index contributed by atoms with van der Waals surface area (Å²) in [5, 5.41) is 11.8. The van der Waals surface area contributed by atoms with Crippen LogP contribution in [0.1, 0.15) is 19.0 Å². The molecule has 17 heavy (non-hydrogen) atoms. The molecule has 94 valence electrons. The van der Waals surface area contributed by atoms with Crippen LogP contribution in [0, 0.1) is 0 Å². The summed E-state index contributed by atoms with van der Waals surface area (Å²) in [6.07, 6.45) is 6.91. The number of aryl methyl sites for hydroxylation is 2. The summed E-state index contributed by atoms with van der Waals surface area (Å²) < 4.78 is 3.75. The first kappa shape index (κ1) is 13.6. The molecule has 0 aliphatic heterocycles. The lowest BCUT2D eigenvalue weighted by atomic mass is 10.4. The van der Waals surface area contributed by atoms with Gasteiger partial charge in [-0.1, -0.05) is 6.92 Å². The SMILES string of the molecule is CCCn1cc(NCc2ccn(C)n2)cn1.Cl. The molecule has 0 radical (unpaired) electrons. The van der Waals surface area contributed by atoms with Crippen LogP contribution >= 0.6 is 12.4 Å². The predicted octanol–water partition coefficient (Wildman–Crippen LogP) is 2.06. The van der Waals surface area contributed by atoms with Crippen molar-refractivity contribution in [3.63, 3.8) is 0 Å². The Labute approximate surface area is 107 Å². The number of halogens is 1. The normalized spacial score (nSPS) is 10.0. The molecule has 0 saturated heterocycles. The van der Waals surface area contributed by atoms with E-state index in [1.54, 1.807) is 4.68 Å². The van der Waals surface area contributed by atoms with Gasteiger partial charge >= 0.3 is 0 Å². The van der Waals surface area contributed by atoms with E-state index in [1.165, 1.54) is 0 Å². The largest absolute Gasteiger partial charge is 0.377 e. The molecule has 0 saturated carbocycles. The zero-order valence-corrected chi connectivity index (χ0v) is 10.9. The van der Waals surface area contributed by atoms with Crippen molar-refractivity contribution in [2.45, 2.75) is 26.4 Å². The van der Waals surface area contributed by atoms with Crippen LogP contribution in [0.25, 0.3) is 0 Å². The molecule has 2 heterocycles. The minimum absolute atomic E-state index is 0. The summed E-state index contributed by atoms with van der Waals surface area (Å²) in [4.78, 5) is 0. The first-order chi connectivity index (χ1) is 7.78. The predicted molar refractivity (Wildman–Crippen MR) is 70.3 cm³/mol. The Morgan fingerprint density at radius 1 is 1.41 bits per heavy atom. The minimum Gasteiger partial charge on any atom is -0.377 e. The van der Waals surface area contributed by atoms with E-state index in [4.69, 9.17) is 0 Å². The van der Waals surface area contributed by atoms with E-state index in [-0.39, 0.29) is 12.4 Å². The molecule has 1 N–H and O–H groups in total. The van der Waals surface area contributed by atoms with Crippen molar-refractivity contribution >= 4 is 18.1 Å². The Balaban J connectivity index is 0.00000144. The maximum atomic E-state index is 4.30. The summed E-state index contributed by atoms with van der Waals surface area (Å²) in [6, 6.07) is 2.00. The first-order valence-electron chi connectivity index (χ1n) is 5.53. The van der Waals surface area contributed by atoms with Crippen LogP contribution in [0.3, 0.4) is 0 Å². The molecular weight excluding hydrogens is 238 g/mol. The van der Waals surface area contributed by atoms with Crippen LogP contribution in [-0.4, -0.2) is 19.6 Å². The fourth-order valence-corrected chi connectivity index (χ4v) is 1.56. The number of aromatic nitrogens is 4. The van der Waals surface area contributed by atoms with Gasteiger partial charge < -0.3 is 5.32 Å². The number of nitrogens with zero attached hydrogens (tertiary/aromatic N) is 4. The van der Waals surface area contributed by atoms with E-state index in [2.05, 4.69) is 22.4 Å². The monoisotopic (exact) mass is 255 g/mol. The lowest BCUT2D eigenvalue weighted by Crippen LogP contribution is -2.00. The van der Waals surface area contributed by atoms with E-state index in [0.717, 1.165) is 30.9 Å². The van der Waals surface area contributed by atoms with Crippen LogP contribution in [0.15, 0.2) is 24.7 Å². The molecule has 0 spiro atoms. The van der Waals surface area contributed by atoms with Crippen LogP contribution < -0.4 is 5.32 Å². The van der Waals surface area contributed by atoms with Gasteiger partial charge in [0.15, 0.2) is 0 Å². The van der Waals surface area contributed by atoms with Crippen molar-refractivity contribution in [2.24, 2.45) is 7.05 Å². The van der Waals surface area contributed by atoms with Gasteiger partial charge in [-0.2, -0.15) is 10.2 Å². The number of nitrogens with one attached hydrogen (secondary N) is 1. The quantitative estimate of drug-likeness (QED) is 0.890. The highest BCUT2D eigenvalue weighted by Crippen LogP contribution is 2.07. The average molecular weight is 256 g/mol. The van der Waals surface area contributed by atoms with Gasteiger partial charge in [0.1, 0.15) is 0 Å². The third-order valence-electron chi connectivity index (χ3n) is 2.33. The summed E-state index contributed by atoms with van der Waals surface area (Å²) in [5.41, 5.74) is 2.07. The Morgan fingerprint density at radius 3 is 2.88 bits per heavy atom. The Hall–Kier alpha value is -1.49. The molecule has 6 heteroatoms. The van der Waals surface area contributed by atoms with Gasteiger partial charge in [-0.15, -0.1) is 12.4 Å². The second-order valence-electron chi connectivity index (χ2n) is 3.83. The van der Waals surface area contributed by atoms with Gasteiger partial charge in [0, 0.05) is 26.0 Å². The van der Waals surface area contributed by atoms with Crippen LogP contribution in [0.4, 0.5) is 5.69 Å². The molecule has 0 bridgehead atoms. The molecule has 0 fully saturated rings. The van der Waals surface area contributed by atoms with Gasteiger partial charge in [-0.25, -0.2) is 0 Å². The van der Waals surface area contributed by atoms with Crippen molar-refractivity contribution in [2.75, 3.05) is 5.32 Å². The molecule has 5 nitrogen and oxygen atoms in total. The fourth-order valence-electron chi connectivity index (χ4n) is 1.56. The van der Waals surface area contributed by atoms with Crippen LogP contribution in [0.2, 0.25) is 0 Å². The Bertz CT molecular complexity index is 448. The Morgan fingerprint density at radius 2 is 2.24 bits per heavy atom. The van der Waals surface area contributed by atoms with Gasteiger partial charge in [0.2, 0.25) is 0 Å². The molecule has 0 aliphatic rings. The third kappa shape index (κ3) is 3.78. The zero-order valence-electron chi connectivity index (χ0n) is 10.1. The summed E-state index contributed by atoms with van der Waals surface area (Å²) in [6.45, 7) is 3.84. The van der Waals surface area contributed by atoms with E-state index < -0.39 is 0 Å². The minimum atomic E-state index is 0. The molecule has 0 aromatic carbocycles. The van der Waals surface area contributed by atoms with Crippen LogP contribution in [-0.2, 0) is 20.1 Å². The third-order valence-corrected chi connectivity index (χ3v) is 2.33. The number of hydrogen-bond donors (Lipinski definition) is 1. The number of rotatable bonds is 5. The first-order valence-corrected chi connectivity index (χ1v) is 5.53. The van der Waals surface area contributed by atoms with Gasteiger partial charge in [0.25, 0.3) is 0 Å². The van der Waals surface area contributed by atoms with E-state index in [9.17, 15) is 0 Å². The van der Waals surface area contributed by atoms with Crippen molar-refractivity contribution in [1.82, 2.24) is 19.6 Å². The van der Waals surface area contributed by atoms with Gasteiger partial charge in [-0.3, -0.25) is 9.36 Å². The summed E-state index contributed by atoms with van der Waals surface area (Å²) in [5.74, 6) is 0. The summed E-state index contributed by atoms with van der Waals surface area (Å²) in [7, 11) is 1.92. The molecule has 2 rings (SSSR count). The molecule has 0 amide bonds.